The molecule has 1 heterocycles. The molecule has 0 aliphatic heterocycles. The monoisotopic (exact) mass is 347 g/mol. The number of nitrogens with two attached hydrogens (primary N) is 1. The summed E-state index contributed by atoms with van der Waals surface area (Å²) in [6.45, 7) is 0. The number of halogens is 2. The van der Waals surface area contributed by atoms with Gasteiger partial charge >= 0.3 is 0 Å². The Balaban J connectivity index is 2.35. The van der Waals surface area contributed by atoms with Crippen molar-refractivity contribution in [1.29, 1.82) is 0 Å². The zero-order valence-electron chi connectivity index (χ0n) is 8.41. The minimum absolute atomic E-state index is 0.0333. The molecule has 0 amide bonds. The Morgan fingerprint density at radius 3 is 2.94 bits per heavy atom. The molecule has 0 radical (unpaired) electrons. The number of ether oxygens (including phenoxy) is 1. The van der Waals surface area contributed by atoms with E-state index in [-0.39, 0.29) is 22.9 Å². The lowest BCUT2D eigenvalue weighted by molar-refractivity contribution is 0.452. The molecule has 0 saturated carbocycles. The molecule has 2 aromatic rings. The van der Waals surface area contributed by atoms with E-state index in [1.54, 1.807) is 22.6 Å². The minimum Gasteiger partial charge on any atom is -0.438 e. The maximum absolute atomic E-state index is 13.2. The average Bonchev–Trinajstić information content (AvgIpc) is 2.30. The van der Waals surface area contributed by atoms with Crippen molar-refractivity contribution in [2.45, 2.75) is 0 Å². The van der Waals surface area contributed by atoms with Gasteiger partial charge in [0.15, 0.2) is 0 Å². The Kier molecular flexibility index (Phi) is 3.27. The van der Waals surface area contributed by atoms with E-state index in [0.717, 1.165) is 6.07 Å². The van der Waals surface area contributed by atoms with Crippen molar-refractivity contribution in [1.82, 2.24) is 9.97 Å². The van der Waals surface area contributed by atoms with Crippen molar-refractivity contribution in [3.05, 3.63) is 44.3 Å². The molecule has 3 N–H and O–H groups in total. The summed E-state index contributed by atoms with van der Waals surface area (Å²) < 4.78 is 18.8. The first-order chi connectivity index (χ1) is 8.08. The van der Waals surface area contributed by atoms with Crippen LogP contribution in [0.25, 0.3) is 0 Å². The lowest BCUT2D eigenvalue weighted by Gasteiger charge is -2.06. The summed E-state index contributed by atoms with van der Waals surface area (Å²) in [6, 6.07) is 4.01. The minimum atomic E-state index is -0.581. The highest BCUT2D eigenvalue weighted by molar-refractivity contribution is 14.1. The van der Waals surface area contributed by atoms with Gasteiger partial charge in [-0.1, -0.05) is 0 Å². The summed E-state index contributed by atoms with van der Waals surface area (Å²) in [6.07, 6.45) is 1.22. The van der Waals surface area contributed by atoms with Gasteiger partial charge in [0, 0.05) is 6.07 Å². The predicted octanol–water partition coefficient (Wildman–Crippen LogP) is 1.89. The standard InChI is InChI=1S/C10H7FIN3O2/c11-6-3-5(1-2-7(6)13)17-10-8(12)9(16)14-4-15-10/h1-4H,13H2,(H,14,15,16). The highest BCUT2D eigenvalue weighted by atomic mass is 127. The van der Waals surface area contributed by atoms with Gasteiger partial charge in [0.05, 0.1) is 12.0 Å². The molecule has 0 aliphatic carbocycles. The second-order valence-corrected chi connectivity index (χ2v) is 4.21. The molecule has 88 valence electrons. The van der Waals surface area contributed by atoms with Crippen molar-refractivity contribution in [2.24, 2.45) is 0 Å². The fraction of sp³-hybridized carbons (Fsp3) is 0. The lowest BCUT2D eigenvalue weighted by atomic mass is 10.3. The van der Waals surface area contributed by atoms with Crippen LogP contribution in [0.1, 0.15) is 0 Å². The lowest BCUT2D eigenvalue weighted by Crippen LogP contribution is -2.11. The number of anilines is 1. The fourth-order valence-electron chi connectivity index (χ4n) is 1.12. The third kappa shape index (κ3) is 2.54. The molecule has 1 aromatic carbocycles. The van der Waals surface area contributed by atoms with Crippen LogP contribution >= 0.6 is 22.6 Å². The first-order valence-corrected chi connectivity index (χ1v) is 5.62. The number of benzene rings is 1. The van der Waals surface area contributed by atoms with Crippen LogP contribution in [-0.2, 0) is 0 Å². The Bertz CT molecular complexity index is 615. The quantitative estimate of drug-likeness (QED) is 0.642. The topological polar surface area (TPSA) is 81.0 Å². The summed E-state index contributed by atoms with van der Waals surface area (Å²) in [7, 11) is 0. The second kappa shape index (κ2) is 4.70. The maximum Gasteiger partial charge on any atom is 0.268 e. The molecular formula is C10H7FIN3O2. The van der Waals surface area contributed by atoms with Crippen molar-refractivity contribution >= 4 is 28.3 Å². The zero-order chi connectivity index (χ0) is 12.4. The Morgan fingerprint density at radius 2 is 2.24 bits per heavy atom. The highest BCUT2D eigenvalue weighted by Crippen LogP contribution is 2.24. The number of aromatic nitrogens is 2. The zero-order valence-corrected chi connectivity index (χ0v) is 10.6. The van der Waals surface area contributed by atoms with E-state index in [1.165, 1.54) is 18.5 Å². The molecule has 0 aliphatic rings. The normalized spacial score (nSPS) is 10.2. The van der Waals surface area contributed by atoms with E-state index >= 15 is 0 Å². The summed E-state index contributed by atoms with van der Waals surface area (Å²) in [5.74, 6) is -0.228. The molecule has 0 fully saturated rings. The van der Waals surface area contributed by atoms with E-state index in [9.17, 15) is 9.18 Å². The molecule has 0 atom stereocenters. The van der Waals surface area contributed by atoms with Crippen LogP contribution in [0.2, 0.25) is 0 Å². The SMILES string of the molecule is Nc1ccc(Oc2nc[nH]c(=O)c2I)cc1F. The molecule has 0 unspecified atom stereocenters. The number of nitrogens with zero attached hydrogens (tertiary/aromatic N) is 1. The van der Waals surface area contributed by atoms with Crippen LogP contribution in [0.15, 0.2) is 29.3 Å². The van der Waals surface area contributed by atoms with Crippen LogP contribution in [0.4, 0.5) is 10.1 Å². The summed E-state index contributed by atoms with van der Waals surface area (Å²) in [5.41, 5.74) is 5.05. The number of hydrogen-bond donors (Lipinski definition) is 2. The van der Waals surface area contributed by atoms with Gasteiger partial charge < -0.3 is 15.5 Å². The molecule has 0 bridgehead atoms. The van der Waals surface area contributed by atoms with Gasteiger partial charge in [0.2, 0.25) is 5.88 Å². The van der Waals surface area contributed by atoms with E-state index in [4.69, 9.17) is 10.5 Å². The predicted molar refractivity (Wildman–Crippen MR) is 68.5 cm³/mol. The molecule has 5 nitrogen and oxygen atoms in total. The van der Waals surface area contributed by atoms with Gasteiger partial charge in [0.25, 0.3) is 5.56 Å². The number of nitrogen functional groups attached to an aromatic ring is 1. The van der Waals surface area contributed by atoms with E-state index in [1.807, 2.05) is 0 Å². The Labute approximate surface area is 109 Å². The van der Waals surface area contributed by atoms with Crippen LogP contribution in [-0.4, -0.2) is 9.97 Å². The van der Waals surface area contributed by atoms with Crippen molar-refractivity contribution in [2.75, 3.05) is 5.73 Å². The van der Waals surface area contributed by atoms with Crippen molar-refractivity contribution < 1.29 is 9.13 Å². The smallest absolute Gasteiger partial charge is 0.268 e. The van der Waals surface area contributed by atoms with Gasteiger partial charge in [-0.15, -0.1) is 0 Å². The van der Waals surface area contributed by atoms with Gasteiger partial charge in [0.1, 0.15) is 15.1 Å². The number of aromatic amines is 1. The number of hydrogen-bond acceptors (Lipinski definition) is 4. The summed E-state index contributed by atoms with van der Waals surface area (Å²) in [5, 5.41) is 0. The van der Waals surface area contributed by atoms with Gasteiger partial charge in [-0.2, -0.15) is 0 Å². The Morgan fingerprint density at radius 1 is 1.47 bits per heavy atom. The first-order valence-electron chi connectivity index (χ1n) is 4.54. The Hall–Kier alpha value is -1.64. The van der Waals surface area contributed by atoms with Gasteiger partial charge in [-0.3, -0.25) is 4.79 Å². The summed E-state index contributed by atoms with van der Waals surface area (Å²) in [4.78, 5) is 17.5. The van der Waals surface area contributed by atoms with Crippen LogP contribution < -0.4 is 16.0 Å². The molecule has 2 rings (SSSR count). The summed E-state index contributed by atoms with van der Waals surface area (Å²) >= 11 is 1.80. The van der Waals surface area contributed by atoms with E-state index in [2.05, 4.69) is 9.97 Å². The average molecular weight is 347 g/mol. The number of rotatable bonds is 2. The highest BCUT2D eigenvalue weighted by Gasteiger charge is 2.08. The molecule has 0 saturated heterocycles. The molecule has 1 aromatic heterocycles. The second-order valence-electron chi connectivity index (χ2n) is 3.14. The fourth-order valence-corrected chi connectivity index (χ4v) is 1.53. The number of H-pyrrole nitrogens is 1. The van der Waals surface area contributed by atoms with Crippen LogP contribution in [0.3, 0.4) is 0 Å². The molecule has 17 heavy (non-hydrogen) atoms. The molecule has 7 heteroatoms. The van der Waals surface area contributed by atoms with Crippen LogP contribution in [0.5, 0.6) is 11.6 Å². The van der Waals surface area contributed by atoms with Crippen molar-refractivity contribution in [3.63, 3.8) is 0 Å². The number of nitrogens with one attached hydrogen (secondary N) is 1. The van der Waals surface area contributed by atoms with Gasteiger partial charge in [-0.25, -0.2) is 9.37 Å². The molecular weight excluding hydrogens is 340 g/mol. The van der Waals surface area contributed by atoms with Crippen LogP contribution in [0, 0.1) is 9.39 Å². The van der Waals surface area contributed by atoms with Crippen molar-refractivity contribution in [3.8, 4) is 11.6 Å². The van der Waals surface area contributed by atoms with Gasteiger partial charge in [-0.05, 0) is 34.7 Å². The van der Waals surface area contributed by atoms with E-state index < -0.39 is 5.82 Å². The van der Waals surface area contributed by atoms with E-state index in [0.29, 0.717) is 3.57 Å². The molecule has 0 spiro atoms. The maximum atomic E-state index is 13.2. The largest absolute Gasteiger partial charge is 0.438 e. The third-order valence-corrected chi connectivity index (χ3v) is 2.90. The first kappa shape index (κ1) is 11.8. The third-order valence-electron chi connectivity index (χ3n) is 1.95.